The summed E-state index contributed by atoms with van der Waals surface area (Å²) in [4.78, 5) is 19.5. The second-order valence-electron chi connectivity index (χ2n) is 8.66. The molecule has 35 heavy (non-hydrogen) atoms. The number of carbonyl (C=O) groups excluding carboxylic acids is 1. The maximum absolute atomic E-state index is 14.0. The zero-order valence-electron chi connectivity index (χ0n) is 19.2. The third-order valence-electron chi connectivity index (χ3n) is 5.99. The van der Waals surface area contributed by atoms with Crippen molar-refractivity contribution < 1.29 is 26.7 Å². The number of amides is 1. The number of aromatic nitrogens is 3. The number of aryl methyl sites for hydroxylation is 1. The number of nitrogens with one attached hydrogen (secondary N) is 1. The molecule has 4 rings (SSSR count). The van der Waals surface area contributed by atoms with Crippen molar-refractivity contribution in [3.8, 4) is 11.1 Å². The van der Waals surface area contributed by atoms with Gasteiger partial charge in [0.15, 0.2) is 0 Å². The van der Waals surface area contributed by atoms with Crippen molar-refractivity contribution in [3.05, 3.63) is 59.5 Å². The van der Waals surface area contributed by atoms with Crippen LogP contribution >= 0.6 is 0 Å². The molecule has 186 valence electrons. The van der Waals surface area contributed by atoms with Gasteiger partial charge in [-0.1, -0.05) is 12.1 Å². The summed E-state index contributed by atoms with van der Waals surface area (Å²) >= 11 is 0. The lowest BCUT2D eigenvalue weighted by Crippen LogP contribution is -2.30. The second kappa shape index (κ2) is 9.27. The number of nitrogens with zero attached hydrogens (tertiary/aromatic N) is 4. The fourth-order valence-electron chi connectivity index (χ4n) is 4.18. The molecule has 3 aromatic rings. The number of rotatable bonds is 4. The van der Waals surface area contributed by atoms with Crippen molar-refractivity contribution in [1.29, 1.82) is 0 Å². The van der Waals surface area contributed by atoms with Crippen molar-refractivity contribution in [3.63, 3.8) is 0 Å². The smallest absolute Gasteiger partial charge is 0.356 e. The Balaban J connectivity index is 1.78. The minimum Gasteiger partial charge on any atom is -0.356 e. The van der Waals surface area contributed by atoms with Gasteiger partial charge < -0.3 is 10.2 Å². The third-order valence-corrected chi connectivity index (χ3v) is 5.99. The summed E-state index contributed by atoms with van der Waals surface area (Å²) in [6.07, 6.45) is -1.90. The lowest BCUT2D eigenvalue weighted by molar-refractivity contribution is -0.212. The van der Waals surface area contributed by atoms with Gasteiger partial charge >= 0.3 is 6.30 Å². The molecule has 11 heteroatoms. The van der Waals surface area contributed by atoms with Crippen LogP contribution in [0.25, 0.3) is 11.1 Å². The van der Waals surface area contributed by atoms with Gasteiger partial charge in [0.05, 0.1) is 11.8 Å². The zero-order valence-corrected chi connectivity index (χ0v) is 19.2. The number of pyridine rings is 1. The topological polar surface area (TPSA) is 63.1 Å². The van der Waals surface area contributed by atoms with E-state index in [0.717, 1.165) is 18.0 Å². The zero-order chi connectivity index (χ0) is 25.4. The molecule has 0 aliphatic carbocycles. The van der Waals surface area contributed by atoms with Gasteiger partial charge in [0.2, 0.25) is 5.92 Å². The first kappa shape index (κ1) is 24.6. The largest absolute Gasteiger partial charge is 0.504 e. The fourth-order valence-corrected chi connectivity index (χ4v) is 4.18. The molecule has 2 aromatic heterocycles. The summed E-state index contributed by atoms with van der Waals surface area (Å²) in [5.74, 6) is -3.12. The number of carbonyl (C=O) groups is 1. The normalized spacial score (nSPS) is 16.1. The summed E-state index contributed by atoms with van der Waals surface area (Å²) in [7, 11) is 0. The van der Waals surface area contributed by atoms with Crippen LogP contribution in [0.5, 0.6) is 0 Å². The number of benzene rings is 1. The molecule has 0 bridgehead atoms. The predicted octanol–water partition coefficient (Wildman–Crippen LogP) is 5.92. The molecular weight excluding hydrogens is 469 g/mol. The SMILES string of the molecule is Cc1cccc(NC(=O)c2c(N3CCCC(F)(F)CC3)ncc(-c3cnn(C(F)(F)F)c3)c2C)c1. The van der Waals surface area contributed by atoms with E-state index in [-0.39, 0.29) is 54.0 Å². The number of alkyl halides is 5. The van der Waals surface area contributed by atoms with Crippen LogP contribution in [0.2, 0.25) is 0 Å². The first-order chi connectivity index (χ1) is 16.4. The van der Waals surface area contributed by atoms with Crippen LogP contribution in [0.4, 0.5) is 33.5 Å². The lowest BCUT2D eigenvalue weighted by atomic mass is 9.99. The molecule has 1 N–H and O–H groups in total. The predicted molar refractivity (Wildman–Crippen MR) is 122 cm³/mol. The van der Waals surface area contributed by atoms with E-state index in [9.17, 15) is 26.7 Å². The molecule has 1 saturated heterocycles. The van der Waals surface area contributed by atoms with E-state index in [1.165, 1.54) is 6.20 Å². The quantitative estimate of drug-likeness (QED) is 0.459. The van der Waals surface area contributed by atoms with E-state index in [4.69, 9.17) is 0 Å². The summed E-state index contributed by atoms with van der Waals surface area (Å²) in [5.41, 5.74) is 2.36. The minimum absolute atomic E-state index is 0.00445. The van der Waals surface area contributed by atoms with Crippen LogP contribution in [0.15, 0.2) is 42.9 Å². The van der Waals surface area contributed by atoms with Crippen molar-refractivity contribution in [2.75, 3.05) is 23.3 Å². The first-order valence-corrected chi connectivity index (χ1v) is 11.1. The van der Waals surface area contributed by atoms with Crippen LogP contribution in [0, 0.1) is 13.8 Å². The van der Waals surface area contributed by atoms with Gasteiger partial charge in [0.25, 0.3) is 5.91 Å². The number of halogens is 5. The molecule has 1 amide bonds. The summed E-state index contributed by atoms with van der Waals surface area (Å²) in [6, 6.07) is 7.11. The Bertz CT molecular complexity index is 1240. The van der Waals surface area contributed by atoms with E-state index in [2.05, 4.69) is 15.4 Å². The molecule has 1 aliphatic rings. The fraction of sp³-hybridized carbons (Fsp3) is 0.375. The Morgan fingerprint density at radius 1 is 1.11 bits per heavy atom. The highest BCUT2D eigenvalue weighted by molar-refractivity contribution is 6.09. The molecular formula is C24H24F5N5O. The summed E-state index contributed by atoms with van der Waals surface area (Å²) < 4.78 is 67.0. The molecule has 0 radical (unpaired) electrons. The number of hydrogen-bond donors (Lipinski definition) is 1. The van der Waals surface area contributed by atoms with Gasteiger partial charge in [-0.25, -0.2) is 13.8 Å². The van der Waals surface area contributed by atoms with E-state index in [1.807, 2.05) is 13.0 Å². The van der Waals surface area contributed by atoms with Crippen molar-refractivity contribution in [2.24, 2.45) is 0 Å². The van der Waals surface area contributed by atoms with Crippen LogP contribution in [-0.4, -0.2) is 39.7 Å². The molecule has 0 saturated carbocycles. The van der Waals surface area contributed by atoms with Crippen molar-refractivity contribution in [1.82, 2.24) is 14.8 Å². The highest BCUT2D eigenvalue weighted by atomic mass is 19.4. The van der Waals surface area contributed by atoms with E-state index >= 15 is 0 Å². The number of anilines is 2. The first-order valence-electron chi connectivity index (χ1n) is 11.1. The Morgan fingerprint density at radius 3 is 2.57 bits per heavy atom. The molecule has 1 fully saturated rings. The molecule has 0 unspecified atom stereocenters. The second-order valence-corrected chi connectivity index (χ2v) is 8.66. The van der Waals surface area contributed by atoms with Crippen molar-refractivity contribution in [2.45, 2.75) is 45.3 Å². The van der Waals surface area contributed by atoms with Crippen LogP contribution < -0.4 is 10.2 Å². The molecule has 1 aliphatic heterocycles. The Labute approximate surface area is 198 Å². The molecule has 6 nitrogen and oxygen atoms in total. The monoisotopic (exact) mass is 493 g/mol. The van der Waals surface area contributed by atoms with Crippen LogP contribution in [0.3, 0.4) is 0 Å². The Hall–Kier alpha value is -3.50. The lowest BCUT2D eigenvalue weighted by Gasteiger charge is -2.26. The Morgan fingerprint density at radius 2 is 1.89 bits per heavy atom. The van der Waals surface area contributed by atoms with Gasteiger partial charge in [0, 0.05) is 55.1 Å². The minimum atomic E-state index is -4.69. The molecule has 0 atom stereocenters. The van der Waals surface area contributed by atoms with E-state index < -0.39 is 18.1 Å². The molecule has 3 heterocycles. The average molecular weight is 493 g/mol. The van der Waals surface area contributed by atoms with Gasteiger partial charge in [0.1, 0.15) is 5.82 Å². The van der Waals surface area contributed by atoms with Gasteiger partial charge in [-0.05, 0) is 43.5 Å². The van der Waals surface area contributed by atoms with Gasteiger partial charge in [-0.3, -0.25) is 4.79 Å². The maximum Gasteiger partial charge on any atom is 0.504 e. The number of hydrogen-bond acceptors (Lipinski definition) is 4. The van der Waals surface area contributed by atoms with E-state index in [0.29, 0.717) is 16.8 Å². The summed E-state index contributed by atoms with van der Waals surface area (Å²) in [5, 5.41) is 6.17. The van der Waals surface area contributed by atoms with Crippen LogP contribution in [0.1, 0.15) is 40.7 Å². The van der Waals surface area contributed by atoms with Crippen LogP contribution in [-0.2, 0) is 6.30 Å². The Kier molecular flexibility index (Phi) is 6.52. The van der Waals surface area contributed by atoms with Gasteiger partial charge in [-0.15, -0.1) is 13.2 Å². The third kappa shape index (κ3) is 5.44. The highest BCUT2D eigenvalue weighted by Gasteiger charge is 2.34. The van der Waals surface area contributed by atoms with Crippen molar-refractivity contribution >= 4 is 17.4 Å². The maximum atomic E-state index is 14.0. The van der Waals surface area contributed by atoms with E-state index in [1.54, 1.807) is 30.0 Å². The average Bonchev–Trinajstić information content (AvgIpc) is 3.19. The molecule has 0 spiro atoms. The standard InChI is InChI=1S/C24H24F5N5O/c1-15-5-3-6-18(11-15)32-22(35)20-16(2)19(17-12-31-34(14-17)24(27,28)29)13-30-21(20)33-9-4-7-23(25,26)8-10-33/h3,5-6,11-14H,4,7-10H2,1-2H3,(H,32,35). The summed E-state index contributed by atoms with van der Waals surface area (Å²) in [6.45, 7) is 3.74. The van der Waals surface area contributed by atoms with Gasteiger partial charge in [-0.2, -0.15) is 9.78 Å². The highest BCUT2D eigenvalue weighted by Crippen LogP contribution is 2.35. The molecule has 1 aromatic carbocycles.